The van der Waals surface area contributed by atoms with Crippen LogP contribution in [-0.2, 0) is 6.54 Å². The molecule has 0 atom stereocenters. The van der Waals surface area contributed by atoms with Crippen molar-refractivity contribution in [3.8, 4) is 17.0 Å². The Hall–Kier alpha value is -3.09. The second-order valence-corrected chi connectivity index (χ2v) is 8.91. The number of carbonyl (C=O) groups excluding carboxylic acids is 1. The van der Waals surface area contributed by atoms with E-state index in [1.165, 1.54) is 24.4 Å². The maximum atomic E-state index is 13.1. The van der Waals surface area contributed by atoms with Crippen LogP contribution in [0.5, 0.6) is 5.75 Å². The number of amides is 1. The molecule has 0 spiro atoms. The third kappa shape index (κ3) is 6.13. The first-order valence-electron chi connectivity index (χ1n) is 10.8. The molecule has 0 radical (unpaired) electrons. The molecule has 1 aliphatic heterocycles. The van der Waals surface area contributed by atoms with Gasteiger partial charge in [-0.1, -0.05) is 11.6 Å². The van der Waals surface area contributed by atoms with Crippen molar-refractivity contribution in [3.63, 3.8) is 0 Å². The van der Waals surface area contributed by atoms with E-state index in [4.69, 9.17) is 16.3 Å². The normalized spacial score (nSPS) is 12.5. The third-order valence-electron chi connectivity index (χ3n) is 5.10. The van der Waals surface area contributed by atoms with Crippen LogP contribution < -0.4 is 20.7 Å². The lowest BCUT2D eigenvalue weighted by molar-refractivity contribution is -0.0494. The molecule has 3 heterocycles. The highest BCUT2D eigenvalue weighted by Crippen LogP contribution is 2.37. The highest BCUT2D eigenvalue weighted by atomic mass is 35.5. The average molecular weight is 524 g/mol. The lowest BCUT2D eigenvalue weighted by Crippen LogP contribution is -2.22. The van der Waals surface area contributed by atoms with Gasteiger partial charge in [-0.15, -0.1) is 0 Å². The van der Waals surface area contributed by atoms with Crippen molar-refractivity contribution >= 4 is 47.0 Å². The van der Waals surface area contributed by atoms with E-state index >= 15 is 0 Å². The number of rotatable bonds is 11. The van der Waals surface area contributed by atoms with Gasteiger partial charge in [-0.3, -0.25) is 9.48 Å². The van der Waals surface area contributed by atoms with Crippen LogP contribution in [0, 0.1) is 0 Å². The van der Waals surface area contributed by atoms with Crippen molar-refractivity contribution in [2.75, 3.05) is 42.3 Å². The van der Waals surface area contributed by atoms with E-state index in [2.05, 4.69) is 26.1 Å². The van der Waals surface area contributed by atoms with Gasteiger partial charge in [-0.2, -0.15) is 30.7 Å². The Morgan fingerprint density at radius 2 is 2.23 bits per heavy atom. The minimum atomic E-state index is -3.03. The van der Waals surface area contributed by atoms with Gasteiger partial charge < -0.3 is 20.7 Å². The number of aromatic nitrogens is 4. The number of nitrogens with zero attached hydrogens (tertiary/aromatic N) is 4. The van der Waals surface area contributed by atoms with Crippen LogP contribution in [-0.4, -0.2) is 63.7 Å². The van der Waals surface area contributed by atoms with Crippen LogP contribution in [0.1, 0.15) is 10.4 Å². The van der Waals surface area contributed by atoms with E-state index in [0.29, 0.717) is 41.7 Å². The minimum absolute atomic E-state index is 0.0991. The van der Waals surface area contributed by atoms with Crippen molar-refractivity contribution in [1.82, 2.24) is 24.9 Å². The molecule has 35 heavy (non-hydrogen) atoms. The minimum Gasteiger partial charge on any atom is -0.434 e. The maximum absolute atomic E-state index is 13.1. The summed E-state index contributed by atoms with van der Waals surface area (Å²) in [5.41, 5.74) is 1.16. The predicted molar refractivity (Wildman–Crippen MR) is 135 cm³/mol. The van der Waals surface area contributed by atoms with Gasteiger partial charge in [-0.05, 0) is 30.5 Å². The molecular formula is C22H24ClF2N7O2S. The van der Waals surface area contributed by atoms with Crippen molar-refractivity contribution in [3.05, 3.63) is 47.3 Å². The molecule has 0 aliphatic carbocycles. The largest absolute Gasteiger partial charge is 0.434 e. The number of ether oxygens (including phenoxy) is 1. The zero-order chi connectivity index (χ0) is 24.8. The van der Waals surface area contributed by atoms with Gasteiger partial charge in [0, 0.05) is 48.4 Å². The zero-order valence-electron chi connectivity index (χ0n) is 18.8. The van der Waals surface area contributed by atoms with Gasteiger partial charge in [0.25, 0.3) is 5.91 Å². The molecule has 186 valence electrons. The number of hydrogen-bond acceptors (Lipinski definition) is 7. The number of carbonyl (C=O) groups is 1. The molecular weight excluding hydrogens is 500 g/mol. The van der Waals surface area contributed by atoms with Crippen LogP contribution in [0.2, 0.25) is 5.02 Å². The van der Waals surface area contributed by atoms with Crippen LogP contribution in [0.15, 0.2) is 36.7 Å². The van der Waals surface area contributed by atoms with Crippen molar-refractivity contribution in [2.24, 2.45) is 0 Å². The molecule has 1 aromatic carbocycles. The number of thioether (sulfide) groups is 1. The summed E-state index contributed by atoms with van der Waals surface area (Å²) in [4.78, 5) is 13.1. The molecule has 9 nitrogen and oxygen atoms in total. The average Bonchev–Trinajstić information content (AvgIpc) is 3.44. The number of fused-ring (bicyclic) bond motifs is 1. The highest BCUT2D eigenvalue weighted by molar-refractivity contribution is 7.98. The number of halogens is 3. The SMILES string of the molecule is CSCCNCCn1cc(NC(=O)c2cnn3c2NCC=C3)c(-c2cc(Cl)ccc2OC(F)F)n1. The standard InChI is InChI=1S/C22H24ClF2N7O2S/c1-35-10-7-26-6-9-31-13-17(29-21(33)16-12-28-32-8-2-5-27-20(16)32)19(30-31)15-11-14(23)3-4-18(15)34-22(24)25/h2-4,8,11-13,22,26-27H,5-7,9-10H2,1H3,(H,29,33). The molecule has 1 amide bonds. The number of benzene rings is 1. The van der Waals surface area contributed by atoms with E-state index in [-0.39, 0.29) is 17.0 Å². The van der Waals surface area contributed by atoms with E-state index in [9.17, 15) is 13.6 Å². The van der Waals surface area contributed by atoms with Crippen LogP contribution in [0.4, 0.5) is 20.3 Å². The summed E-state index contributed by atoms with van der Waals surface area (Å²) in [6, 6.07) is 4.28. The summed E-state index contributed by atoms with van der Waals surface area (Å²) < 4.78 is 34.0. The zero-order valence-corrected chi connectivity index (χ0v) is 20.4. The molecule has 0 saturated heterocycles. The molecule has 0 fully saturated rings. The molecule has 0 bridgehead atoms. The second kappa shape index (κ2) is 11.6. The van der Waals surface area contributed by atoms with E-state index in [1.807, 2.05) is 12.3 Å². The van der Waals surface area contributed by atoms with Gasteiger partial charge in [0.1, 0.15) is 22.8 Å². The lowest BCUT2D eigenvalue weighted by atomic mass is 10.1. The molecule has 0 unspecified atom stereocenters. The fourth-order valence-electron chi connectivity index (χ4n) is 3.52. The summed E-state index contributed by atoms with van der Waals surface area (Å²) >= 11 is 7.90. The Balaban J connectivity index is 1.65. The molecule has 0 saturated carbocycles. The van der Waals surface area contributed by atoms with Crippen molar-refractivity contribution < 1.29 is 18.3 Å². The molecule has 3 aromatic rings. The van der Waals surface area contributed by atoms with Gasteiger partial charge >= 0.3 is 6.61 Å². The van der Waals surface area contributed by atoms with Gasteiger partial charge in [-0.25, -0.2) is 4.68 Å². The Kier molecular flexibility index (Phi) is 8.26. The van der Waals surface area contributed by atoms with Gasteiger partial charge in [0.2, 0.25) is 0 Å². The summed E-state index contributed by atoms with van der Waals surface area (Å²) in [7, 11) is 0. The smallest absolute Gasteiger partial charge is 0.387 e. The molecule has 4 rings (SSSR count). The fourth-order valence-corrected chi connectivity index (χ4v) is 4.04. The molecule has 3 N–H and O–H groups in total. The summed E-state index contributed by atoms with van der Waals surface area (Å²) in [5.74, 6) is 1.01. The summed E-state index contributed by atoms with van der Waals surface area (Å²) in [6.07, 6.45) is 8.78. The monoisotopic (exact) mass is 523 g/mol. The van der Waals surface area contributed by atoms with E-state index < -0.39 is 12.5 Å². The van der Waals surface area contributed by atoms with Crippen LogP contribution in [0.3, 0.4) is 0 Å². The van der Waals surface area contributed by atoms with Crippen LogP contribution >= 0.6 is 23.4 Å². The first kappa shape index (κ1) is 25.0. The van der Waals surface area contributed by atoms with Crippen LogP contribution in [0.25, 0.3) is 17.5 Å². The number of anilines is 2. The number of nitrogens with one attached hydrogen (secondary N) is 3. The Morgan fingerprint density at radius 3 is 3.03 bits per heavy atom. The third-order valence-corrected chi connectivity index (χ3v) is 5.94. The first-order valence-corrected chi connectivity index (χ1v) is 12.5. The highest BCUT2D eigenvalue weighted by Gasteiger charge is 2.23. The predicted octanol–water partition coefficient (Wildman–Crippen LogP) is 4.10. The Labute approximate surface area is 209 Å². The number of hydrogen-bond donors (Lipinski definition) is 3. The topological polar surface area (TPSA) is 98.0 Å². The Morgan fingerprint density at radius 1 is 1.37 bits per heavy atom. The summed E-state index contributed by atoms with van der Waals surface area (Å²) in [6.45, 7) is -0.492. The second-order valence-electron chi connectivity index (χ2n) is 7.49. The first-order chi connectivity index (χ1) is 17.0. The van der Waals surface area contributed by atoms with Crippen molar-refractivity contribution in [2.45, 2.75) is 13.2 Å². The van der Waals surface area contributed by atoms with Crippen molar-refractivity contribution in [1.29, 1.82) is 0 Å². The van der Waals surface area contributed by atoms with Gasteiger partial charge in [0.05, 0.1) is 18.4 Å². The molecule has 13 heteroatoms. The Bertz CT molecular complexity index is 1210. The van der Waals surface area contributed by atoms with E-state index in [1.54, 1.807) is 33.5 Å². The quantitative estimate of drug-likeness (QED) is 0.325. The van der Waals surface area contributed by atoms with E-state index in [0.717, 1.165) is 12.3 Å². The maximum Gasteiger partial charge on any atom is 0.387 e. The van der Waals surface area contributed by atoms with Gasteiger partial charge in [0.15, 0.2) is 0 Å². The molecule has 1 aliphatic rings. The molecule has 2 aromatic heterocycles. The lowest BCUT2D eigenvalue weighted by Gasteiger charge is -2.13. The summed E-state index contributed by atoms with van der Waals surface area (Å²) in [5, 5.41) is 18.3. The fraction of sp³-hybridized carbons (Fsp3) is 0.318. The number of alkyl halides is 2.